The molecule has 0 saturated carbocycles. The van der Waals surface area contributed by atoms with Gasteiger partial charge >= 0.3 is 0 Å². The number of nitrogens with one attached hydrogen (secondary N) is 1. The Morgan fingerprint density at radius 3 is 2.62 bits per heavy atom. The number of amides is 1. The average Bonchev–Trinajstić information content (AvgIpc) is 2.49. The number of rotatable bonds is 4. The number of benzene rings is 1. The Kier molecular flexibility index (Phi) is 4.90. The number of carbonyl (C=O) groups excluding carboxylic acids is 1. The highest BCUT2D eigenvalue weighted by Gasteiger charge is 2.03. The molecule has 0 unspecified atom stereocenters. The highest BCUT2D eigenvalue weighted by molar-refractivity contribution is 6.33. The lowest BCUT2D eigenvalue weighted by molar-refractivity contribution is 0.0955. The molecule has 0 aliphatic rings. The summed E-state index contributed by atoms with van der Waals surface area (Å²) in [5.74, 6) is -0.297. The van der Waals surface area contributed by atoms with Gasteiger partial charge in [0, 0.05) is 43.3 Å². The highest BCUT2D eigenvalue weighted by Crippen LogP contribution is 2.21. The first-order valence-electron chi connectivity index (χ1n) is 6.28. The largest absolute Gasteiger partial charge is 0.378 e. The lowest BCUT2D eigenvalue weighted by Gasteiger charge is -2.13. The van der Waals surface area contributed by atoms with E-state index in [4.69, 9.17) is 11.6 Å². The van der Waals surface area contributed by atoms with Crippen molar-refractivity contribution in [2.75, 3.05) is 19.0 Å². The molecule has 108 valence electrons. The number of hydrazone groups is 1. The Hall–Kier alpha value is -2.40. The van der Waals surface area contributed by atoms with E-state index in [9.17, 15) is 4.79 Å². The molecule has 2 aromatic rings. The Bertz CT molecular complexity index is 656. The van der Waals surface area contributed by atoms with Crippen LogP contribution in [0.1, 0.15) is 15.9 Å². The summed E-state index contributed by atoms with van der Waals surface area (Å²) in [6.07, 6.45) is 4.62. The third-order valence-corrected chi connectivity index (χ3v) is 3.14. The monoisotopic (exact) mass is 302 g/mol. The molecule has 0 atom stereocenters. The van der Waals surface area contributed by atoms with Gasteiger partial charge in [0.1, 0.15) is 0 Å². The van der Waals surface area contributed by atoms with Gasteiger partial charge in [0.25, 0.3) is 5.91 Å². The fraction of sp³-hybridized carbons (Fsp3) is 0.133. The lowest BCUT2D eigenvalue weighted by atomic mass is 10.2. The zero-order chi connectivity index (χ0) is 15.2. The van der Waals surface area contributed by atoms with Gasteiger partial charge < -0.3 is 4.90 Å². The molecule has 1 aromatic carbocycles. The lowest BCUT2D eigenvalue weighted by Crippen LogP contribution is -2.17. The molecule has 1 heterocycles. The molecule has 0 spiro atoms. The molecule has 0 bridgehead atoms. The maximum Gasteiger partial charge on any atom is 0.271 e. The van der Waals surface area contributed by atoms with Crippen molar-refractivity contribution in [1.82, 2.24) is 10.4 Å². The molecule has 0 aliphatic heterocycles. The van der Waals surface area contributed by atoms with E-state index in [1.807, 2.05) is 37.2 Å². The van der Waals surface area contributed by atoms with Crippen molar-refractivity contribution in [3.05, 3.63) is 58.9 Å². The minimum Gasteiger partial charge on any atom is -0.378 e. The smallest absolute Gasteiger partial charge is 0.271 e. The van der Waals surface area contributed by atoms with Crippen molar-refractivity contribution in [3.63, 3.8) is 0 Å². The number of halogens is 1. The van der Waals surface area contributed by atoms with Crippen LogP contribution in [0.3, 0.4) is 0 Å². The van der Waals surface area contributed by atoms with Crippen LogP contribution in [0.4, 0.5) is 5.69 Å². The Morgan fingerprint density at radius 1 is 1.29 bits per heavy atom. The molecule has 0 saturated heterocycles. The van der Waals surface area contributed by atoms with Gasteiger partial charge in [0.15, 0.2) is 0 Å². The number of hydrogen-bond donors (Lipinski definition) is 1. The van der Waals surface area contributed by atoms with E-state index in [1.165, 1.54) is 6.21 Å². The first-order chi connectivity index (χ1) is 10.1. The van der Waals surface area contributed by atoms with Crippen LogP contribution in [0, 0.1) is 0 Å². The standard InChI is InChI=1S/C15H15ClN4O/c1-20(2)13-4-3-12(14(16)9-13)10-18-19-15(21)11-5-7-17-8-6-11/h3-10H,1-2H3,(H,19,21)/b18-10-. The first-order valence-corrected chi connectivity index (χ1v) is 6.66. The van der Waals surface area contributed by atoms with Gasteiger partial charge in [0.2, 0.25) is 0 Å². The number of pyridine rings is 1. The Balaban J connectivity index is 2.03. The zero-order valence-corrected chi connectivity index (χ0v) is 12.5. The summed E-state index contributed by atoms with van der Waals surface area (Å²) in [7, 11) is 3.88. The van der Waals surface area contributed by atoms with Crippen molar-refractivity contribution >= 4 is 29.4 Å². The summed E-state index contributed by atoms with van der Waals surface area (Å²) in [5, 5.41) is 4.48. The molecule has 1 aromatic heterocycles. The topological polar surface area (TPSA) is 57.6 Å². The SMILES string of the molecule is CN(C)c1ccc(/C=N\NC(=O)c2ccncc2)c(Cl)c1. The summed E-state index contributed by atoms with van der Waals surface area (Å²) in [4.78, 5) is 17.6. The van der Waals surface area contributed by atoms with E-state index in [1.54, 1.807) is 24.5 Å². The second-order valence-corrected chi connectivity index (χ2v) is 4.94. The minimum absolute atomic E-state index is 0.297. The van der Waals surface area contributed by atoms with Crippen LogP contribution < -0.4 is 10.3 Å². The molecule has 21 heavy (non-hydrogen) atoms. The van der Waals surface area contributed by atoms with Gasteiger partial charge in [-0.3, -0.25) is 9.78 Å². The summed E-state index contributed by atoms with van der Waals surface area (Å²) >= 11 is 6.17. The first kappa shape index (κ1) is 15.0. The molecule has 0 fully saturated rings. The minimum atomic E-state index is -0.297. The summed E-state index contributed by atoms with van der Waals surface area (Å²) in [5.41, 5.74) is 4.67. The number of aromatic nitrogens is 1. The van der Waals surface area contributed by atoms with Gasteiger partial charge in [-0.1, -0.05) is 11.6 Å². The van der Waals surface area contributed by atoms with E-state index in [-0.39, 0.29) is 5.91 Å². The fourth-order valence-electron chi connectivity index (χ4n) is 1.63. The predicted octanol–water partition coefficient (Wildman–Crippen LogP) is 2.56. The number of carbonyl (C=O) groups is 1. The van der Waals surface area contributed by atoms with Gasteiger partial charge in [-0.15, -0.1) is 0 Å². The van der Waals surface area contributed by atoms with Crippen LogP contribution in [-0.4, -0.2) is 31.2 Å². The van der Waals surface area contributed by atoms with E-state index >= 15 is 0 Å². The Labute approximate surface area is 128 Å². The third-order valence-electron chi connectivity index (χ3n) is 2.81. The molecule has 0 aliphatic carbocycles. The van der Waals surface area contributed by atoms with Crippen LogP contribution in [0.2, 0.25) is 5.02 Å². The van der Waals surface area contributed by atoms with Crippen molar-refractivity contribution in [2.45, 2.75) is 0 Å². The molecule has 2 rings (SSSR count). The van der Waals surface area contributed by atoms with Crippen molar-refractivity contribution in [2.24, 2.45) is 5.10 Å². The second-order valence-electron chi connectivity index (χ2n) is 4.54. The molecular formula is C15H15ClN4O. The van der Waals surface area contributed by atoms with Gasteiger partial charge in [-0.05, 0) is 30.3 Å². The molecule has 5 nitrogen and oxygen atoms in total. The molecule has 1 amide bonds. The third kappa shape index (κ3) is 4.03. The molecule has 1 N–H and O–H groups in total. The van der Waals surface area contributed by atoms with Crippen molar-refractivity contribution in [3.8, 4) is 0 Å². The number of hydrogen-bond acceptors (Lipinski definition) is 4. The van der Waals surface area contributed by atoms with Gasteiger partial charge in [-0.2, -0.15) is 5.10 Å². The van der Waals surface area contributed by atoms with E-state index in [0.717, 1.165) is 11.3 Å². The van der Waals surface area contributed by atoms with Crippen molar-refractivity contribution in [1.29, 1.82) is 0 Å². The fourth-order valence-corrected chi connectivity index (χ4v) is 1.85. The van der Waals surface area contributed by atoms with E-state index < -0.39 is 0 Å². The van der Waals surface area contributed by atoms with Crippen LogP contribution in [0.15, 0.2) is 47.8 Å². The summed E-state index contributed by atoms with van der Waals surface area (Å²) in [6, 6.07) is 8.85. The van der Waals surface area contributed by atoms with Crippen molar-refractivity contribution < 1.29 is 4.79 Å². The second kappa shape index (κ2) is 6.85. The van der Waals surface area contributed by atoms with Crippen LogP contribution in [0.5, 0.6) is 0 Å². The van der Waals surface area contributed by atoms with E-state index in [2.05, 4.69) is 15.5 Å². The number of anilines is 1. The molecule has 6 heteroatoms. The van der Waals surface area contributed by atoms with Crippen LogP contribution in [0.25, 0.3) is 0 Å². The van der Waals surface area contributed by atoms with Gasteiger partial charge in [0.05, 0.1) is 11.2 Å². The maximum absolute atomic E-state index is 11.8. The average molecular weight is 303 g/mol. The summed E-state index contributed by atoms with van der Waals surface area (Å²) < 4.78 is 0. The van der Waals surface area contributed by atoms with E-state index in [0.29, 0.717) is 10.6 Å². The van der Waals surface area contributed by atoms with Gasteiger partial charge in [-0.25, -0.2) is 5.43 Å². The normalized spacial score (nSPS) is 10.6. The maximum atomic E-state index is 11.8. The highest BCUT2D eigenvalue weighted by atomic mass is 35.5. The molecular weight excluding hydrogens is 288 g/mol. The zero-order valence-electron chi connectivity index (χ0n) is 11.7. The molecule has 0 radical (unpaired) electrons. The number of nitrogens with zero attached hydrogens (tertiary/aromatic N) is 3. The van der Waals surface area contributed by atoms with Crippen LogP contribution >= 0.6 is 11.6 Å². The Morgan fingerprint density at radius 2 is 2.00 bits per heavy atom. The quantitative estimate of drug-likeness (QED) is 0.697. The summed E-state index contributed by atoms with van der Waals surface area (Å²) in [6.45, 7) is 0. The van der Waals surface area contributed by atoms with Crippen LogP contribution in [-0.2, 0) is 0 Å². The predicted molar refractivity (Wildman–Crippen MR) is 85.1 cm³/mol.